The molecule has 2 rings (SSSR count). The van der Waals surface area contributed by atoms with Gasteiger partial charge in [0, 0.05) is 5.56 Å². The fourth-order valence-electron chi connectivity index (χ4n) is 1.91. The van der Waals surface area contributed by atoms with Gasteiger partial charge in [0.15, 0.2) is 5.78 Å². The van der Waals surface area contributed by atoms with Crippen molar-refractivity contribution in [2.45, 2.75) is 32.3 Å². The largest absolute Gasteiger partial charge is 0.488 e. The van der Waals surface area contributed by atoms with E-state index in [9.17, 15) is 4.79 Å². The minimum Gasteiger partial charge on any atom is -0.488 e. The highest BCUT2D eigenvalue weighted by molar-refractivity contribution is 9.09. The van der Waals surface area contributed by atoms with Crippen molar-refractivity contribution in [2.24, 2.45) is 0 Å². The van der Waals surface area contributed by atoms with Crippen LogP contribution in [0.5, 0.6) is 5.75 Å². The van der Waals surface area contributed by atoms with Gasteiger partial charge in [-0.25, -0.2) is 0 Å². The summed E-state index contributed by atoms with van der Waals surface area (Å²) in [5.74, 6) is 1.04. The van der Waals surface area contributed by atoms with Crippen molar-refractivity contribution in [1.82, 2.24) is 0 Å². The molecule has 1 aromatic rings. The predicted octanol–water partition coefficient (Wildman–Crippen LogP) is 3.37. The number of carbonyl (C=O) groups excluding carboxylic acids is 1. The van der Waals surface area contributed by atoms with Crippen molar-refractivity contribution in [3.8, 4) is 5.75 Å². The molecule has 0 aliphatic carbocycles. The van der Waals surface area contributed by atoms with Gasteiger partial charge in [0.25, 0.3) is 0 Å². The zero-order valence-electron chi connectivity index (χ0n) is 9.55. The Morgan fingerprint density at radius 2 is 2.25 bits per heavy atom. The highest BCUT2D eigenvalue weighted by Crippen LogP contribution is 2.33. The number of benzene rings is 1. The predicted molar refractivity (Wildman–Crippen MR) is 67.6 cm³/mol. The second-order valence-corrected chi connectivity index (χ2v) is 5.30. The molecule has 0 fully saturated rings. The lowest BCUT2D eigenvalue weighted by molar-refractivity contribution is 0.0846. The lowest BCUT2D eigenvalue weighted by atomic mass is 9.93. The Bertz CT molecular complexity index is 424. The molecule has 16 heavy (non-hydrogen) atoms. The van der Waals surface area contributed by atoms with Crippen LogP contribution in [-0.2, 0) is 6.42 Å². The molecule has 0 atom stereocenters. The van der Waals surface area contributed by atoms with Crippen LogP contribution in [0.1, 0.15) is 36.2 Å². The summed E-state index contributed by atoms with van der Waals surface area (Å²) >= 11 is 3.18. The first-order valence-corrected chi connectivity index (χ1v) is 6.55. The molecule has 0 spiro atoms. The summed E-state index contributed by atoms with van der Waals surface area (Å²) in [6.45, 7) is 4.18. The molecule has 0 aromatic heterocycles. The molecule has 0 saturated carbocycles. The maximum absolute atomic E-state index is 11.5. The molecule has 0 unspecified atom stereocenters. The smallest absolute Gasteiger partial charge is 0.173 e. The van der Waals surface area contributed by atoms with Crippen LogP contribution in [0.4, 0.5) is 0 Å². The van der Waals surface area contributed by atoms with E-state index < -0.39 is 0 Å². The molecule has 1 aromatic carbocycles. The normalized spacial score (nSPS) is 17.4. The van der Waals surface area contributed by atoms with Crippen LogP contribution in [0.3, 0.4) is 0 Å². The molecule has 86 valence electrons. The van der Waals surface area contributed by atoms with Gasteiger partial charge < -0.3 is 4.74 Å². The Labute approximate surface area is 104 Å². The van der Waals surface area contributed by atoms with Gasteiger partial charge in [-0.2, -0.15) is 0 Å². The quantitative estimate of drug-likeness (QED) is 0.614. The van der Waals surface area contributed by atoms with E-state index in [0.29, 0.717) is 5.33 Å². The standard InChI is InChI=1S/C13H15BrO2/c1-13(2)6-5-10-7-9(11(15)8-14)3-4-12(10)16-13/h3-4,7H,5-6,8H2,1-2H3. The monoisotopic (exact) mass is 282 g/mol. The number of fused-ring (bicyclic) bond motifs is 1. The van der Waals surface area contributed by atoms with Crippen LogP contribution >= 0.6 is 15.9 Å². The molecule has 0 bridgehead atoms. The third-order valence-corrected chi connectivity index (χ3v) is 3.40. The molecule has 0 N–H and O–H groups in total. The zero-order chi connectivity index (χ0) is 11.8. The minimum atomic E-state index is -0.0893. The minimum absolute atomic E-state index is 0.0893. The molecule has 1 aliphatic heterocycles. The van der Waals surface area contributed by atoms with Crippen molar-refractivity contribution < 1.29 is 9.53 Å². The average Bonchev–Trinajstić information content (AvgIpc) is 2.26. The molecule has 3 heteroatoms. The Morgan fingerprint density at radius 3 is 2.94 bits per heavy atom. The van der Waals surface area contributed by atoms with E-state index in [1.807, 2.05) is 18.2 Å². The summed E-state index contributed by atoms with van der Waals surface area (Å²) < 4.78 is 5.86. The van der Waals surface area contributed by atoms with Crippen LogP contribution in [0.25, 0.3) is 0 Å². The number of carbonyl (C=O) groups is 1. The first-order valence-electron chi connectivity index (χ1n) is 5.43. The summed E-state index contributed by atoms with van der Waals surface area (Å²) in [6.07, 6.45) is 1.97. The molecule has 0 saturated heterocycles. The lowest BCUT2D eigenvalue weighted by Crippen LogP contribution is -2.32. The van der Waals surface area contributed by atoms with E-state index in [4.69, 9.17) is 4.74 Å². The SMILES string of the molecule is CC1(C)CCc2cc(C(=O)CBr)ccc2O1. The first-order chi connectivity index (χ1) is 7.52. The average molecular weight is 283 g/mol. The third-order valence-electron chi connectivity index (χ3n) is 2.89. The van der Waals surface area contributed by atoms with E-state index in [-0.39, 0.29) is 11.4 Å². The fraction of sp³-hybridized carbons (Fsp3) is 0.462. The number of ether oxygens (including phenoxy) is 1. The summed E-state index contributed by atoms with van der Waals surface area (Å²) in [5, 5.41) is 0.373. The summed E-state index contributed by atoms with van der Waals surface area (Å²) in [5.41, 5.74) is 1.82. The molecule has 1 aliphatic rings. The third kappa shape index (κ3) is 2.29. The molecular formula is C13H15BrO2. The van der Waals surface area contributed by atoms with Crippen LogP contribution in [-0.4, -0.2) is 16.7 Å². The van der Waals surface area contributed by atoms with E-state index in [1.54, 1.807) is 0 Å². The van der Waals surface area contributed by atoms with Gasteiger partial charge >= 0.3 is 0 Å². The Kier molecular flexibility index (Phi) is 3.06. The number of alkyl halides is 1. The highest BCUT2D eigenvalue weighted by atomic mass is 79.9. The summed E-state index contributed by atoms with van der Waals surface area (Å²) in [7, 11) is 0. The lowest BCUT2D eigenvalue weighted by Gasteiger charge is -2.32. The van der Waals surface area contributed by atoms with Gasteiger partial charge in [-0.1, -0.05) is 15.9 Å². The number of halogens is 1. The maximum Gasteiger partial charge on any atom is 0.173 e. The second kappa shape index (κ2) is 4.21. The summed E-state index contributed by atoms with van der Waals surface area (Å²) in [6, 6.07) is 5.70. The Morgan fingerprint density at radius 1 is 1.50 bits per heavy atom. The van der Waals surface area contributed by atoms with Crippen molar-refractivity contribution in [3.63, 3.8) is 0 Å². The van der Waals surface area contributed by atoms with E-state index in [0.717, 1.165) is 29.7 Å². The zero-order valence-corrected chi connectivity index (χ0v) is 11.1. The van der Waals surface area contributed by atoms with Crippen LogP contribution < -0.4 is 4.74 Å². The van der Waals surface area contributed by atoms with E-state index >= 15 is 0 Å². The maximum atomic E-state index is 11.5. The van der Waals surface area contributed by atoms with Crippen molar-refractivity contribution in [2.75, 3.05) is 5.33 Å². The van der Waals surface area contributed by atoms with E-state index in [1.165, 1.54) is 0 Å². The number of Topliss-reactive ketones (excluding diaryl/α,β-unsaturated/α-hetero) is 1. The van der Waals surface area contributed by atoms with Gasteiger partial charge in [-0.05, 0) is 50.5 Å². The van der Waals surface area contributed by atoms with Gasteiger partial charge in [0.1, 0.15) is 11.4 Å². The summed E-state index contributed by atoms with van der Waals surface area (Å²) in [4.78, 5) is 11.5. The van der Waals surface area contributed by atoms with Gasteiger partial charge in [0.05, 0.1) is 5.33 Å². The van der Waals surface area contributed by atoms with Crippen LogP contribution in [0.15, 0.2) is 18.2 Å². The van der Waals surface area contributed by atoms with Crippen molar-refractivity contribution >= 4 is 21.7 Å². The fourth-order valence-corrected chi connectivity index (χ4v) is 2.23. The van der Waals surface area contributed by atoms with Gasteiger partial charge in [0.2, 0.25) is 0 Å². The van der Waals surface area contributed by atoms with E-state index in [2.05, 4.69) is 29.8 Å². The number of rotatable bonds is 2. The van der Waals surface area contributed by atoms with Crippen LogP contribution in [0.2, 0.25) is 0 Å². The molecule has 2 nitrogen and oxygen atoms in total. The van der Waals surface area contributed by atoms with Crippen molar-refractivity contribution in [1.29, 1.82) is 0 Å². The van der Waals surface area contributed by atoms with Gasteiger partial charge in [-0.3, -0.25) is 4.79 Å². The number of hydrogen-bond donors (Lipinski definition) is 0. The van der Waals surface area contributed by atoms with Crippen LogP contribution in [0, 0.1) is 0 Å². The molecule has 0 amide bonds. The first kappa shape index (κ1) is 11.6. The molecular weight excluding hydrogens is 268 g/mol. The van der Waals surface area contributed by atoms with Gasteiger partial charge in [-0.15, -0.1) is 0 Å². The molecule has 0 radical (unpaired) electrons. The number of ketones is 1. The Balaban J connectivity index is 2.32. The second-order valence-electron chi connectivity index (χ2n) is 4.74. The van der Waals surface area contributed by atoms with Crippen molar-refractivity contribution in [3.05, 3.63) is 29.3 Å². The molecule has 1 heterocycles. The topological polar surface area (TPSA) is 26.3 Å². The number of aryl methyl sites for hydroxylation is 1. The number of hydrogen-bond acceptors (Lipinski definition) is 2. The highest BCUT2D eigenvalue weighted by Gasteiger charge is 2.26. The Hall–Kier alpha value is -0.830.